The first kappa shape index (κ1) is 12.8. The summed E-state index contributed by atoms with van der Waals surface area (Å²) in [5, 5.41) is 4.58. The number of aromatic nitrogens is 2. The molecule has 2 aromatic rings. The van der Waals surface area contributed by atoms with Crippen LogP contribution in [0.2, 0.25) is 0 Å². The Morgan fingerprint density at radius 1 is 1.22 bits per heavy atom. The number of nitrogens with zero attached hydrogens (tertiary/aromatic N) is 2. The zero-order chi connectivity index (χ0) is 13.1. The summed E-state index contributed by atoms with van der Waals surface area (Å²) in [6.07, 6.45) is 0.831. The normalized spacial score (nSPS) is 11.2. The number of hydrogen-bond acceptors (Lipinski definition) is 2. The lowest BCUT2D eigenvalue weighted by Crippen LogP contribution is -2.04. The highest BCUT2D eigenvalue weighted by atomic mass is 15.3. The van der Waals surface area contributed by atoms with Crippen molar-refractivity contribution in [3.05, 3.63) is 47.3 Å². The Kier molecular flexibility index (Phi) is 3.82. The maximum Gasteiger partial charge on any atom is 0.0648 e. The molecule has 0 spiro atoms. The van der Waals surface area contributed by atoms with Crippen LogP contribution in [0.1, 0.15) is 36.7 Å². The summed E-state index contributed by atoms with van der Waals surface area (Å²) in [6.45, 7) is 7.12. The van der Waals surface area contributed by atoms with E-state index in [4.69, 9.17) is 5.73 Å². The molecule has 0 bridgehead atoms. The number of hydrogen-bond donors (Lipinski definition) is 1. The lowest BCUT2D eigenvalue weighted by Gasteiger charge is -2.08. The Morgan fingerprint density at radius 3 is 2.44 bits per heavy atom. The molecule has 96 valence electrons. The van der Waals surface area contributed by atoms with E-state index in [1.807, 2.05) is 4.68 Å². The summed E-state index contributed by atoms with van der Waals surface area (Å²) in [4.78, 5) is 0. The molecule has 1 aromatic carbocycles. The summed E-state index contributed by atoms with van der Waals surface area (Å²) in [6, 6.07) is 10.7. The Morgan fingerprint density at radius 2 is 1.89 bits per heavy atom. The fraction of sp³-hybridized carbons (Fsp3) is 0.400. The van der Waals surface area contributed by atoms with Crippen LogP contribution < -0.4 is 5.73 Å². The van der Waals surface area contributed by atoms with Crippen LogP contribution >= 0.6 is 0 Å². The first-order chi connectivity index (χ1) is 8.61. The van der Waals surface area contributed by atoms with Gasteiger partial charge in [-0.2, -0.15) is 5.10 Å². The molecule has 1 aromatic heterocycles. The Balaban J connectivity index is 2.30. The minimum absolute atomic E-state index is 0.561. The fourth-order valence-electron chi connectivity index (χ4n) is 2.07. The van der Waals surface area contributed by atoms with Gasteiger partial charge < -0.3 is 5.73 Å². The molecule has 0 unspecified atom stereocenters. The van der Waals surface area contributed by atoms with E-state index in [9.17, 15) is 0 Å². The van der Waals surface area contributed by atoms with Crippen LogP contribution in [0, 0.1) is 6.92 Å². The molecule has 0 radical (unpaired) electrons. The summed E-state index contributed by atoms with van der Waals surface area (Å²) >= 11 is 0. The van der Waals surface area contributed by atoms with E-state index in [0.29, 0.717) is 12.5 Å². The third-order valence-electron chi connectivity index (χ3n) is 3.14. The van der Waals surface area contributed by atoms with Crippen LogP contribution in [0.15, 0.2) is 30.3 Å². The molecular formula is C15H21N3. The maximum absolute atomic E-state index is 5.56. The van der Waals surface area contributed by atoms with Gasteiger partial charge in [-0.05, 0) is 43.1 Å². The van der Waals surface area contributed by atoms with Crippen molar-refractivity contribution in [3.63, 3.8) is 0 Å². The van der Waals surface area contributed by atoms with E-state index in [1.165, 1.54) is 5.56 Å². The van der Waals surface area contributed by atoms with Crippen molar-refractivity contribution in [2.75, 3.05) is 6.54 Å². The molecule has 0 aliphatic rings. The number of rotatable bonds is 4. The highest BCUT2D eigenvalue weighted by molar-refractivity contribution is 5.36. The average molecular weight is 243 g/mol. The molecule has 0 aliphatic heterocycles. The highest BCUT2D eigenvalue weighted by Gasteiger charge is 2.06. The predicted octanol–water partition coefficient (Wildman–Crippen LogP) is 2.81. The van der Waals surface area contributed by atoms with E-state index >= 15 is 0 Å². The molecule has 0 aliphatic carbocycles. The number of nitrogens with two attached hydrogens (primary N) is 1. The first-order valence-corrected chi connectivity index (χ1v) is 6.47. The Bertz CT molecular complexity index is 509. The zero-order valence-electron chi connectivity index (χ0n) is 11.4. The Labute approximate surface area is 109 Å². The van der Waals surface area contributed by atoms with Crippen LogP contribution in [-0.4, -0.2) is 16.3 Å². The summed E-state index contributed by atoms with van der Waals surface area (Å²) in [7, 11) is 0. The SMILES string of the molecule is Cc1cc(CCN)nn1-c1ccc(C(C)C)cc1. The molecular weight excluding hydrogens is 222 g/mol. The van der Waals surface area contributed by atoms with Gasteiger partial charge in [0.15, 0.2) is 0 Å². The molecule has 18 heavy (non-hydrogen) atoms. The topological polar surface area (TPSA) is 43.8 Å². The van der Waals surface area contributed by atoms with Crippen molar-refractivity contribution in [2.24, 2.45) is 5.73 Å². The second kappa shape index (κ2) is 5.36. The monoisotopic (exact) mass is 243 g/mol. The number of aryl methyl sites for hydroxylation is 1. The van der Waals surface area contributed by atoms with Crippen molar-refractivity contribution in [1.82, 2.24) is 9.78 Å². The second-order valence-corrected chi connectivity index (χ2v) is 4.97. The standard InChI is InChI=1S/C15H21N3/c1-11(2)13-4-6-15(7-5-13)18-12(3)10-14(17-18)8-9-16/h4-7,10-11H,8-9,16H2,1-3H3. The van der Waals surface area contributed by atoms with Gasteiger partial charge >= 0.3 is 0 Å². The van der Waals surface area contributed by atoms with Gasteiger partial charge in [-0.15, -0.1) is 0 Å². The summed E-state index contributed by atoms with van der Waals surface area (Å²) in [5.41, 5.74) is 10.2. The van der Waals surface area contributed by atoms with Crippen LogP contribution in [0.5, 0.6) is 0 Å². The molecule has 0 saturated carbocycles. The number of benzene rings is 1. The van der Waals surface area contributed by atoms with E-state index in [1.54, 1.807) is 0 Å². The lowest BCUT2D eigenvalue weighted by molar-refractivity contribution is 0.801. The Hall–Kier alpha value is -1.61. The maximum atomic E-state index is 5.56. The molecule has 0 atom stereocenters. The smallest absolute Gasteiger partial charge is 0.0648 e. The van der Waals surface area contributed by atoms with Gasteiger partial charge in [0.25, 0.3) is 0 Å². The highest BCUT2D eigenvalue weighted by Crippen LogP contribution is 2.18. The zero-order valence-corrected chi connectivity index (χ0v) is 11.4. The molecule has 3 heteroatoms. The molecule has 2 N–H and O–H groups in total. The molecule has 0 saturated heterocycles. The van der Waals surface area contributed by atoms with E-state index in [2.05, 4.69) is 56.2 Å². The van der Waals surface area contributed by atoms with Crippen LogP contribution in [0.4, 0.5) is 0 Å². The summed E-state index contributed by atoms with van der Waals surface area (Å²) < 4.78 is 1.98. The third-order valence-corrected chi connectivity index (χ3v) is 3.14. The van der Waals surface area contributed by atoms with Gasteiger partial charge in [0, 0.05) is 12.1 Å². The quantitative estimate of drug-likeness (QED) is 0.897. The van der Waals surface area contributed by atoms with Gasteiger partial charge in [-0.1, -0.05) is 26.0 Å². The molecule has 0 amide bonds. The minimum Gasteiger partial charge on any atom is -0.330 e. The van der Waals surface area contributed by atoms with Crippen molar-refractivity contribution in [3.8, 4) is 5.69 Å². The van der Waals surface area contributed by atoms with E-state index in [0.717, 1.165) is 23.5 Å². The first-order valence-electron chi connectivity index (χ1n) is 6.47. The molecule has 1 heterocycles. The van der Waals surface area contributed by atoms with Gasteiger partial charge in [0.1, 0.15) is 0 Å². The van der Waals surface area contributed by atoms with Crippen LogP contribution in [-0.2, 0) is 6.42 Å². The predicted molar refractivity (Wildman–Crippen MR) is 75.1 cm³/mol. The van der Waals surface area contributed by atoms with Crippen LogP contribution in [0.3, 0.4) is 0 Å². The van der Waals surface area contributed by atoms with Crippen LogP contribution in [0.25, 0.3) is 5.69 Å². The van der Waals surface area contributed by atoms with Crippen molar-refractivity contribution in [1.29, 1.82) is 0 Å². The largest absolute Gasteiger partial charge is 0.330 e. The van der Waals surface area contributed by atoms with E-state index in [-0.39, 0.29) is 0 Å². The van der Waals surface area contributed by atoms with Crippen molar-refractivity contribution in [2.45, 2.75) is 33.1 Å². The molecule has 3 nitrogen and oxygen atoms in total. The third kappa shape index (κ3) is 2.62. The molecule has 2 rings (SSSR count). The van der Waals surface area contributed by atoms with Gasteiger partial charge in [0.2, 0.25) is 0 Å². The van der Waals surface area contributed by atoms with Crippen molar-refractivity contribution >= 4 is 0 Å². The lowest BCUT2D eigenvalue weighted by atomic mass is 10.0. The fourth-order valence-corrected chi connectivity index (χ4v) is 2.07. The van der Waals surface area contributed by atoms with Gasteiger partial charge in [-0.25, -0.2) is 4.68 Å². The average Bonchev–Trinajstić information content (AvgIpc) is 2.71. The summed E-state index contributed by atoms with van der Waals surface area (Å²) in [5.74, 6) is 0.561. The molecule has 0 fully saturated rings. The van der Waals surface area contributed by atoms with Gasteiger partial charge in [0.05, 0.1) is 11.4 Å². The second-order valence-electron chi connectivity index (χ2n) is 4.97. The van der Waals surface area contributed by atoms with Crippen molar-refractivity contribution < 1.29 is 0 Å². The van der Waals surface area contributed by atoms with E-state index < -0.39 is 0 Å². The minimum atomic E-state index is 0.561. The van der Waals surface area contributed by atoms with Gasteiger partial charge in [-0.3, -0.25) is 0 Å².